The predicted molar refractivity (Wildman–Crippen MR) is 147 cm³/mol. The molecule has 0 aliphatic rings. The minimum Gasteiger partial charge on any atom is -0.456 e. The number of carbonyl (C=O) groups is 2. The van der Waals surface area contributed by atoms with Crippen molar-refractivity contribution in [2.24, 2.45) is 0 Å². The van der Waals surface area contributed by atoms with Gasteiger partial charge < -0.3 is 20.4 Å². The first-order valence-electron chi connectivity index (χ1n) is 12.3. The van der Waals surface area contributed by atoms with Crippen LogP contribution in [-0.4, -0.2) is 41.9 Å². The fraction of sp³-hybridized carbons (Fsp3) is 0.0714. The average Bonchev–Trinajstić information content (AvgIpc) is 3.57. The number of ether oxygens (including phenoxy) is 1. The number of aromatic nitrogens is 6. The van der Waals surface area contributed by atoms with Gasteiger partial charge in [-0.05, 0) is 36.4 Å². The molecule has 0 unspecified atom stereocenters. The molecule has 4 heterocycles. The highest BCUT2D eigenvalue weighted by Crippen LogP contribution is 2.32. The number of hydrogen-bond acceptors (Lipinski definition) is 7. The van der Waals surface area contributed by atoms with Crippen molar-refractivity contribution in [1.82, 2.24) is 30.1 Å². The van der Waals surface area contributed by atoms with E-state index in [2.05, 4.69) is 40.8 Å². The van der Waals surface area contributed by atoms with E-state index in [1.165, 1.54) is 24.4 Å². The summed E-state index contributed by atoms with van der Waals surface area (Å²) in [5.41, 5.74) is 3.39. The number of anilines is 2. The van der Waals surface area contributed by atoms with Crippen LogP contribution in [0, 0.1) is 5.82 Å². The molecular formula is C28H21FN8O3. The SMILES string of the molecule is CCC(=O)Nc1cncc(Oc2ccc3[nH]nc(-c4nc5c(NC(=O)c6cccc(F)c6)cncc5[nH]4)c3c2)c1. The second-order valence-corrected chi connectivity index (χ2v) is 8.83. The number of imidazole rings is 1. The quantitative estimate of drug-likeness (QED) is 0.212. The maximum Gasteiger partial charge on any atom is 0.255 e. The van der Waals surface area contributed by atoms with Crippen molar-refractivity contribution in [3.05, 3.63) is 84.7 Å². The number of hydrogen-bond donors (Lipinski definition) is 4. The van der Waals surface area contributed by atoms with Crippen LogP contribution < -0.4 is 15.4 Å². The first-order valence-corrected chi connectivity index (χ1v) is 12.3. The molecule has 0 bridgehead atoms. The molecule has 6 rings (SSSR count). The first-order chi connectivity index (χ1) is 19.5. The van der Waals surface area contributed by atoms with E-state index in [0.717, 1.165) is 17.0 Å². The van der Waals surface area contributed by atoms with E-state index in [9.17, 15) is 14.0 Å². The highest BCUT2D eigenvalue weighted by molar-refractivity contribution is 6.08. The van der Waals surface area contributed by atoms with Gasteiger partial charge in [-0.1, -0.05) is 13.0 Å². The van der Waals surface area contributed by atoms with E-state index in [4.69, 9.17) is 4.74 Å². The lowest BCUT2D eigenvalue weighted by Crippen LogP contribution is -2.12. The highest BCUT2D eigenvalue weighted by atomic mass is 19.1. The molecule has 4 aromatic heterocycles. The second kappa shape index (κ2) is 10.3. The summed E-state index contributed by atoms with van der Waals surface area (Å²) in [7, 11) is 0. The molecule has 0 atom stereocenters. The zero-order valence-corrected chi connectivity index (χ0v) is 21.0. The molecule has 4 N–H and O–H groups in total. The summed E-state index contributed by atoms with van der Waals surface area (Å²) in [5, 5.41) is 13.7. The van der Waals surface area contributed by atoms with E-state index in [1.807, 2.05) is 12.1 Å². The topological polar surface area (TPSA) is 151 Å². The molecule has 198 valence electrons. The summed E-state index contributed by atoms with van der Waals surface area (Å²) in [4.78, 5) is 40.6. The Balaban J connectivity index is 1.30. The van der Waals surface area contributed by atoms with Gasteiger partial charge in [0, 0.05) is 23.4 Å². The van der Waals surface area contributed by atoms with Crippen LogP contribution in [-0.2, 0) is 4.79 Å². The lowest BCUT2D eigenvalue weighted by atomic mass is 10.2. The predicted octanol–water partition coefficient (Wildman–Crippen LogP) is 5.43. The largest absolute Gasteiger partial charge is 0.456 e. The third-order valence-electron chi connectivity index (χ3n) is 6.04. The number of rotatable bonds is 7. The van der Waals surface area contributed by atoms with Crippen LogP contribution in [0.2, 0.25) is 0 Å². The Morgan fingerprint density at radius 3 is 2.67 bits per heavy atom. The van der Waals surface area contributed by atoms with E-state index >= 15 is 0 Å². The average molecular weight is 537 g/mol. The van der Waals surface area contributed by atoms with E-state index in [-0.39, 0.29) is 11.5 Å². The van der Waals surface area contributed by atoms with Crippen LogP contribution in [0.3, 0.4) is 0 Å². The van der Waals surface area contributed by atoms with Crippen LogP contribution in [0.25, 0.3) is 33.5 Å². The minimum atomic E-state index is -0.507. The van der Waals surface area contributed by atoms with Gasteiger partial charge >= 0.3 is 0 Å². The van der Waals surface area contributed by atoms with Crippen LogP contribution in [0.1, 0.15) is 23.7 Å². The summed E-state index contributed by atoms with van der Waals surface area (Å²) in [6.45, 7) is 1.77. The molecule has 0 fully saturated rings. The Bertz CT molecular complexity index is 1900. The van der Waals surface area contributed by atoms with Gasteiger partial charge in [0.15, 0.2) is 5.82 Å². The van der Waals surface area contributed by atoms with Gasteiger partial charge in [0.2, 0.25) is 5.91 Å². The van der Waals surface area contributed by atoms with Gasteiger partial charge in [-0.3, -0.25) is 24.7 Å². The third-order valence-corrected chi connectivity index (χ3v) is 6.04. The standard InChI is InChI=1S/C28H21FN8O3/c1-2-24(38)32-17-9-19(12-30-11-17)40-18-6-7-21-20(10-18)25(37-36-21)27-33-22-13-31-14-23(26(22)35-27)34-28(39)15-4-3-5-16(29)8-15/h3-14H,2H2,1H3,(H,32,38)(H,33,35)(H,34,39)(H,36,37). The molecule has 2 amide bonds. The highest BCUT2D eigenvalue weighted by Gasteiger charge is 2.17. The lowest BCUT2D eigenvalue weighted by Gasteiger charge is -2.08. The monoisotopic (exact) mass is 536 g/mol. The van der Waals surface area contributed by atoms with Crippen LogP contribution >= 0.6 is 0 Å². The van der Waals surface area contributed by atoms with Gasteiger partial charge in [-0.15, -0.1) is 0 Å². The van der Waals surface area contributed by atoms with Crippen molar-refractivity contribution in [2.45, 2.75) is 13.3 Å². The molecule has 12 heteroatoms. The van der Waals surface area contributed by atoms with Crippen molar-refractivity contribution < 1.29 is 18.7 Å². The molecule has 6 aromatic rings. The Morgan fingerprint density at radius 2 is 1.82 bits per heavy atom. The number of aromatic amines is 2. The number of halogens is 1. The van der Waals surface area contributed by atoms with E-state index < -0.39 is 11.7 Å². The minimum absolute atomic E-state index is 0.124. The fourth-order valence-corrected chi connectivity index (χ4v) is 4.13. The molecule has 0 saturated carbocycles. The Morgan fingerprint density at radius 1 is 0.950 bits per heavy atom. The maximum absolute atomic E-state index is 13.6. The molecule has 0 spiro atoms. The maximum atomic E-state index is 13.6. The summed E-state index contributed by atoms with van der Waals surface area (Å²) in [6.07, 6.45) is 6.51. The third kappa shape index (κ3) is 4.92. The number of pyridine rings is 2. The molecule has 0 aliphatic carbocycles. The van der Waals surface area contributed by atoms with Gasteiger partial charge in [-0.2, -0.15) is 5.10 Å². The molecule has 0 radical (unpaired) electrons. The van der Waals surface area contributed by atoms with Crippen molar-refractivity contribution in [3.8, 4) is 23.0 Å². The Labute approximate surface area is 225 Å². The fourth-order valence-electron chi connectivity index (χ4n) is 4.13. The summed E-state index contributed by atoms with van der Waals surface area (Å²) in [6, 6.07) is 12.5. The normalized spacial score (nSPS) is 11.1. The zero-order valence-electron chi connectivity index (χ0n) is 21.0. The summed E-state index contributed by atoms with van der Waals surface area (Å²) in [5.74, 6) is 0.300. The van der Waals surface area contributed by atoms with Crippen LogP contribution in [0.15, 0.2) is 73.3 Å². The van der Waals surface area contributed by atoms with Crippen molar-refractivity contribution in [1.29, 1.82) is 0 Å². The van der Waals surface area contributed by atoms with E-state index in [0.29, 0.717) is 51.8 Å². The lowest BCUT2D eigenvalue weighted by molar-refractivity contribution is -0.115. The molecule has 11 nitrogen and oxygen atoms in total. The van der Waals surface area contributed by atoms with Gasteiger partial charge in [0.1, 0.15) is 28.5 Å². The smallest absolute Gasteiger partial charge is 0.255 e. The number of benzene rings is 2. The second-order valence-electron chi connectivity index (χ2n) is 8.83. The number of H-pyrrole nitrogens is 2. The first kappa shape index (κ1) is 24.7. The molecule has 0 saturated heterocycles. The molecular weight excluding hydrogens is 515 g/mol. The molecule has 40 heavy (non-hydrogen) atoms. The Hall–Kier alpha value is -5.65. The Kier molecular flexibility index (Phi) is 6.32. The summed E-state index contributed by atoms with van der Waals surface area (Å²) >= 11 is 0. The number of nitrogens with one attached hydrogen (secondary N) is 4. The van der Waals surface area contributed by atoms with Gasteiger partial charge in [0.05, 0.1) is 47.2 Å². The number of amides is 2. The number of nitrogens with zero attached hydrogens (tertiary/aromatic N) is 4. The van der Waals surface area contributed by atoms with Crippen molar-refractivity contribution in [3.63, 3.8) is 0 Å². The van der Waals surface area contributed by atoms with E-state index in [1.54, 1.807) is 37.6 Å². The molecule has 0 aliphatic heterocycles. The van der Waals surface area contributed by atoms with Crippen molar-refractivity contribution in [2.75, 3.05) is 10.6 Å². The van der Waals surface area contributed by atoms with Crippen LogP contribution in [0.4, 0.5) is 15.8 Å². The van der Waals surface area contributed by atoms with Crippen LogP contribution in [0.5, 0.6) is 11.5 Å². The zero-order chi connectivity index (χ0) is 27.6. The summed E-state index contributed by atoms with van der Waals surface area (Å²) < 4.78 is 19.6. The van der Waals surface area contributed by atoms with Gasteiger partial charge in [-0.25, -0.2) is 9.37 Å². The van der Waals surface area contributed by atoms with Crippen molar-refractivity contribution >= 4 is 45.1 Å². The van der Waals surface area contributed by atoms with Gasteiger partial charge in [0.25, 0.3) is 5.91 Å². The number of fused-ring (bicyclic) bond motifs is 2. The number of carbonyl (C=O) groups excluding carboxylic acids is 2. The molecule has 2 aromatic carbocycles.